The second kappa shape index (κ2) is 8.58. The van der Waals surface area contributed by atoms with Gasteiger partial charge in [0.05, 0.1) is 4.92 Å². The molecule has 0 fully saturated rings. The van der Waals surface area contributed by atoms with Crippen molar-refractivity contribution in [2.45, 2.75) is 26.4 Å². The second-order valence-corrected chi connectivity index (χ2v) is 6.03. The maximum Gasteiger partial charge on any atom is 0.405 e. The molecule has 0 aliphatic heterocycles. The lowest BCUT2D eigenvalue weighted by Crippen LogP contribution is -2.27. The molecule has 0 aliphatic carbocycles. The van der Waals surface area contributed by atoms with Crippen LogP contribution >= 0.6 is 0 Å². The van der Waals surface area contributed by atoms with E-state index in [-0.39, 0.29) is 11.5 Å². The lowest BCUT2D eigenvalue weighted by Gasteiger charge is -2.16. The van der Waals surface area contributed by atoms with E-state index in [1.54, 1.807) is 45.0 Å². The Bertz CT molecular complexity index is 734. The molecule has 0 bridgehead atoms. The number of carbonyl (C=O) groups excluding carboxylic acids is 2. The number of nitro groups is 1. The highest BCUT2D eigenvalue weighted by atomic mass is 16.6. The van der Waals surface area contributed by atoms with E-state index in [4.69, 9.17) is 5.73 Å². The van der Waals surface area contributed by atoms with Crippen LogP contribution < -0.4 is 5.73 Å². The first-order valence-electron chi connectivity index (χ1n) is 7.43. The van der Waals surface area contributed by atoms with Crippen LogP contribution in [0.1, 0.15) is 36.7 Å². The number of ketones is 1. The molecule has 0 saturated carbocycles. The Labute approximate surface area is 145 Å². The molecule has 0 heterocycles. The van der Waals surface area contributed by atoms with Gasteiger partial charge < -0.3 is 10.5 Å². The molecule has 0 aliphatic rings. The first-order chi connectivity index (χ1) is 11.6. The first-order valence-corrected chi connectivity index (χ1v) is 7.43. The van der Waals surface area contributed by atoms with Crippen molar-refractivity contribution in [2.75, 3.05) is 0 Å². The van der Waals surface area contributed by atoms with Crippen LogP contribution in [0.3, 0.4) is 0 Å². The van der Waals surface area contributed by atoms with Gasteiger partial charge in [-0.25, -0.2) is 4.79 Å². The smallest absolute Gasteiger partial charge is 0.405 e. The molecular formula is C18H20N2O5. The van der Waals surface area contributed by atoms with Crippen LogP contribution in [0.5, 0.6) is 0 Å². The number of nitro benzene ring substituents is 1. The average Bonchev–Trinajstić information content (AvgIpc) is 2.53. The van der Waals surface area contributed by atoms with Crippen molar-refractivity contribution in [3.05, 3.63) is 75.8 Å². The molecule has 132 valence electrons. The zero-order chi connectivity index (χ0) is 19.0. The molecule has 0 atom stereocenters. The Hall–Kier alpha value is -3.22. The Morgan fingerprint density at radius 2 is 1.44 bits per heavy atom. The largest absolute Gasteiger partial charge is 0.444 e. The minimum atomic E-state index is -0.725. The zero-order valence-electron chi connectivity index (χ0n) is 14.3. The number of nitrogens with zero attached hydrogens (tertiary/aromatic N) is 1. The van der Waals surface area contributed by atoms with Crippen LogP contribution in [0.15, 0.2) is 54.6 Å². The van der Waals surface area contributed by atoms with E-state index in [0.29, 0.717) is 11.1 Å². The van der Waals surface area contributed by atoms with Crippen molar-refractivity contribution in [3.63, 3.8) is 0 Å². The zero-order valence-corrected chi connectivity index (χ0v) is 14.3. The standard InChI is InChI=1S/C13H9NO3.C5H11NO2/c15-13(10-4-2-1-3-5-10)11-6-8-12(9-7-11)14(16)17;1-5(2,3)8-4(6)7/h1-9H;1-3H3,(H2,6,7). The molecule has 0 saturated heterocycles. The monoisotopic (exact) mass is 344 g/mol. The van der Waals surface area contributed by atoms with Crippen LogP contribution in [0.25, 0.3) is 0 Å². The Morgan fingerprint density at radius 3 is 1.80 bits per heavy atom. The third-order valence-electron chi connectivity index (χ3n) is 2.78. The number of rotatable bonds is 3. The number of hydrogen-bond acceptors (Lipinski definition) is 5. The van der Waals surface area contributed by atoms with Crippen LogP contribution in [0.4, 0.5) is 10.5 Å². The fourth-order valence-corrected chi connectivity index (χ4v) is 1.79. The molecule has 7 nitrogen and oxygen atoms in total. The van der Waals surface area contributed by atoms with Gasteiger partial charge >= 0.3 is 6.09 Å². The van der Waals surface area contributed by atoms with Gasteiger partial charge in [0.2, 0.25) is 0 Å². The van der Waals surface area contributed by atoms with E-state index in [0.717, 1.165) is 0 Å². The fourth-order valence-electron chi connectivity index (χ4n) is 1.79. The van der Waals surface area contributed by atoms with Crippen molar-refractivity contribution in [3.8, 4) is 0 Å². The summed E-state index contributed by atoms with van der Waals surface area (Å²) in [6.07, 6.45) is -0.725. The molecule has 2 aromatic rings. The third-order valence-corrected chi connectivity index (χ3v) is 2.78. The van der Waals surface area contributed by atoms with Gasteiger partial charge in [-0.1, -0.05) is 30.3 Å². The normalized spacial score (nSPS) is 10.2. The van der Waals surface area contributed by atoms with Crippen LogP contribution in [0.2, 0.25) is 0 Å². The van der Waals surface area contributed by atoms with Gasteiger partial charge in [0.1, 0.15) is 5.60 Å². The maximum absolute atomic E-state index is 12.0. The summed E-state index contributed by atoms with van der Waals surface area (Å²) < 4.78 is 4.58. The molecule has 1 amide bonds. The SMILES string of the molecule is CC(C)(C)OC(N)=O.O=C(c1ccccc1)c1ccc([N+](=O)[O-])cc1. The maximum atomic E-state index is 12.0. The Morgan fingerprint density at radius 1 is 0.960 bits per heavy atom. The van der Waals surface area contributed by atoms with Crippen molar-refractivity contribution >= 4 is 17.6 Å². The summed E-state index contributed by atoms with van der Waals surface area (Å²) in [4.78, 5) is 32.0. The number of carbonyl (C=O) groups is 2. The first kappa shape index (κ1) is 19.8. The lowest BCUT2D eigenvalue weighted by atomic mass is 10.0. The number of non-ortho nitro benzene ring substituents is 1. The highest BCUT2D eigenvalue weighted by Gasteiger charge is 2.12. The van der Waals surface area contributed by atoms with Crippen LogP contribution in [0, 0.1) is 10.1 Å². The lowest BCUT2D eigenvalue weighted by molar-refractivity contribution is -0.384. The summed E-state index contributed by atoms with van der Waals surface area (Å²) in [6.45, 7) is 5.28. The van der Waals surface area contributed by atoms with Crippen LogP contribution in [-0.2, 0) is 4.74 Å². The van der Waals surface area contributed by atoms with Crippen molar-refractivity contribution in [1.29, 1.82) is 0 Å². The van der Waals surface area contributed by atoms with E-state index in [2.05, 4.69) is 4.74 Å². The van der Waals surface area contributed by atoms with Crippen molar-refractivity contribution in [1.82, 2.24) is 0 Å². The quantitative estimate of drug-likeness (QED) is 0.518. The fraction of sp³-hybridized carbons (Fsp3) is 0.222. The highest BCUT2D eigenvalue weighted by molar-refractivity contribution is 6.09. The molecule has 2 N–H and O–H groups in total. The number of primary amides is 1. The van der Waals surface area contributed by atoms with Gasteiger partial charge in [0.25, 0.3) is 5.69 Å². The molecule has 0 spiro atoms. The number of ether oxygens (including phenoxy) is 1. The number of benzene rings is 2. The minimum Gasteiger partial charge on any atom is -0.444 e. The highest BCUT2D eigenvalue weighted by Crippen LogP contribution is 2.15. The number of amides is 1. The predicted octanol–water partition coefficient (Wildman–Crippen LogP) is 3.71. The van der Waals surface area contributed by atoms with Crippen LogP contribution in [-0.4, -0.2) is 22.4 Å². The van der Waals surface area contributed by atoms with E-state index >= 15 is 0 Å². The van der Waals surface area contributed by atoms with E-state index < -0.39 is 16.6 Å². The molecular weight excluding hydrogens is 324 g/mol. The number of nitrogens with two attached hydrogens (primary N) is 1. The molecule has 2 aromatic carbocycles. The van der Waals surface area contributed by atoms with Gasteiger partial charge in [-0.05, 0) is 32.9 Å². The molecule has 0 unspecified atom stereocenters. The van der Waals surface area contributed by atoms with E-state index in [1.165, 1.54) is 24.3 Å². The number of hydrogen-bond donors (Lipinski definition) is 1. The predicted molar refractivity (Wildman–Crippen MR) is 93.4 cm³/mol. The van der Waals surface area contributed by atoms with Crippen molar-refractivity contribution < 1.29 is 19.2 Å². The average molecular weight is 344 g/mol. The molecule has 2 rings (SSSR count). The Balaban J connectivity index is 0.000000333. The van der Waals surface area contributed by atoms with E-state index in [1.807, 2.05) is 6.07 Å². The van der Waals surface area contributed by atoms with Gasteiger partial charge in [-0.3, -0.25) is 14.9 Å². The van der Waals surface area contributed by atoms with Gasteiger partial charge in [0.15, 0.2) is 5.78 Å². The summed E-state index contributed by atoms with van der Waals surface area (Å²) in [5, 5.41) is 10.5. The topological polar surface area (TPSA) is 113 Å². The Kier molecular flexibility index (Phi) is 6.81. The summed E-state index contributed by atoms with van der Waals surface area (Å²) >= 11 is 0. The summed E-state index contributed by atoms with van der Waals surface area (Å²) in [7, 11) is 0. The van der Waals surface area contributed by atoms with Gasteiger partial charge in [0, 0.05) is 23.3 Å². The molecule has 0 aromatic heterocycles. The summed E-state index contributed by atoms with van der Waals surface area (Å²) in [5.41, 5.74) is 5.26. The third kappa shape index (κ3) is 7.26. The molecule has 7 heteroatoms. The van der Waals surface area contributed by atoms with E-state index in [9.17, 15) is 19.7 Å². The minimum absolute atomic E-state index is 0.0189. The summed E-state index contributed by atoms with van der Waals surface area (Å²) in [5.74, 6) is -0.138. The van der Waals surface area contributed by atoms with Gasteiger partial charge in [-0.2, -0.15) is 0 Å². The van der Waals surface area contributed by atoms with Gasteiger partial charge in [-0.15, -0.1) is 0 Å². The molecule has 25 heavy (non-hydrogen) atoms. The van der Waals surface area contributed by atoms with Crippen molar-refractivity contribution in [2.24, 2.45) is 5.73 Å². The summed E-state index contributed by atoms with van der Waals surface area (Å²) in [6, 6.07) is 14.4. The second-order valence-electron chi connectivity index (χ2n) is 6.03. The molecule has 0 radical (unpaired) electrons.